The Hall–Kier alpha value is -0.590. The summed E-state index contributed by atoms with van der Waals surface area (Å²) in [4.78, 5) is 0. The van der Waals surface area contributed by atoms with E-state index in [4.69, 9.17) is 17.3 Å². The van der Waals surface area contributed by atoms with Gasteiger partial charge in [-0.25, -0.2) is 8.42 Å². The molecule has 2 heterocycles. The van der Waals surface area contributed by atoms with Crippen LogP contribution in [-0.2, 0) is 9.84 Å². The molecule has 1 fully saturated rings. The normalized spacial score (nSPS) is 24.6. The number of nitrogens with two attached hydrogens (primary N) is 1. The number of nitrogens with zero attached hydrogens (tertiary/aromatic N) is 2. The standard InChI is InChI=1S/C12H20ClN3O2S/c1-8(2)16-12(9(13)7-15-16)11(14)10-5-3-4-6-19(10,17)18/h7-8,10-11H,3-6,14H2,1-2H3. The van der Waals surface area contributed by atoms with E-state index >= 15 is 0 Å². The Balaban J connectivity index is 2.39. The van der Waals surface area contributed by atoms with E-state index in [1.807, 2.05) is 13.8 Å². The van der Waals surface area contributed by atoms with Crippen LogP contribution in [0.2, 0.25) is 5.02 Å². The minimum absolute atomic E-state index is 0.0971. The van der Waals surface area contributed by atoms with Gasteiger partial charge in [-0.05, 0) is 26.7 Å². The summed E-state index contributed by atoms with van der Waals surface area (Å²) < 4.78 is 26.0. The molecule has 2 N–H and O–H groups in total. The van der Waals surface area contributed by atoms with Crippen molar-refractivity contribution in [1.82, 2.24) is 9.78 Å². The summed E-state index contributed by atoms with van der Waals surface area (Å²) in [5.74, 6) is 0.221. The molecule has 0 spiro atoms. The van der Waals surface area contributed by atoms with Gasteiger partial charge in [0, 0.05) is 6.04 Å². The molecule has 5 nitrogen and oxygen atoms in total. The molecule has 19 heavy (non-hydrogen) atoms. The van der Waals surface area contributed by atoms with E-state index in [9.17, 15) is 8.42 Å². The molecular formula is C12H20ClN3O2S. The van der Waals surface area contributed by atoms with Gasteiger partial charge in [0.25, 0.3) is 0 Å². The topological polar surface area (TPSA) is 78.0 Å². The van der Waals surface area contributed by atoms with Gasteiger partial charge in [0.2, 0.25) is 0 Å². The fourth-order valence-corrected chi connectivity index (χ4v) is 4.90. The number of rotatable bonds is 3. The summed E-state index contributed by atoms with van der Waals surface area (Å²) >= 11 is 6.14. The molecule has 0 saturated carbocycles. The van der Waals surface area contributed by atoms with Crippen LogP contribution in [0, 0.1) is 0 Å². The molecule has 1 aromatic heterocycles. The van der Waals surface area contributed by atoms with Gasteiger partial charge in [0.05, 0.1) is 34.0 Å². The number of sulfone groups is 1. The molecule has 108 valence electrons. The van der Waals surface area contributed by atoms with Crippen molar-refractivity contribution in [1.29, 1.82) is 0 Å². The van der Waals surface area contributed by atoms with E-state index in [-0.39, 0.29) is 11.8 Å². The minimum Gasteiger partial charge on any atom is -0.322 e. The van der Waals surface area contributed by atoms with Gasteiger partial charge in [-0.1, -0.05) is 18.0 Å². The monoisotopic (exact) mass is 305 g/mol. The fourth-order valence-electron chi connectivity index (χ4n) is 2.63. The molecule has 2 atom stereocenters. The van der Waals surface area contributed by atoms with E-state index in [1.54, 1.807) is 4.68 Å². The van der Waals surface area contributed by atoms with Crippen molar-refractivity contribution in [2.75, 3.05) is 5.75 Å². The van der Waals surface area contributed by atoms with Crippen molar-refractivity contribution in [2.24, 2.45) is 5.73 Å². The minimum atomic E-state index is -3.13. The summed E-state index contributed by atoms with van der Waals surface area (Å²) in [6.07, 6.45) is 3.75. The summed E-state index contributed by atoms with van der Waals surface area (Å²) in [6.45, 7) is 3.93. The second kappa shape index (κ2) is 5.42. The van der Waals surface area contributed by atoms with Crippen molar-refractivity contribution in [3.63, 3.8) is 0 Å². The first-order chi connectivity index (χ1) is 8.84. The molecule has 7 heteroatoms. The van der Waals surface area contributed by atoms with Crippen LogP contribution in [0.5, 0.6) is 0 Å². The third-order valence-corrected chi connectivity index (χ3v) is 6.22. The lowest BCUT2D eigenvalue weighted by atomic mass is 10.0. The zero-order valence-electron chi connectivity index (χ0n) is 11.2. The van der Waals surface area contributed by atoms with Gasteiger partial charge < -0.3 is 5.73 Å². The lowest BCUT2D eigenvalue weighted by Crippen LogP contribution is -2.39. The van der Waals surface area contributed by atoms with Crippen LogP contribution >= 0.6 is 11.6 Å². The molecule has 1 saturated heterocycles. The van der Waals surface area contributed by atoms with Crippen LogP contribution in [0.3, 0.4) is 0 Å². The SMILES string of the molecule is CC(C)n1ncc(Cl)c1C(N)C1CCCCS1(=O)=O. The molecule has 0 aliphatic carbocycles. The van der Waals surface area contributed by atoms with E-state index in [2.05, 4.69) is 5.10 Å². The average Bonchev–Trinajstić information content (AvgIpc) is 2.70. The van der Waals surface area contributed by atoms with E-state index in [0.717, 1.165) is 12.8 Å². The molecule has 2 rings (SSSR count). The second-order valence-corrected chi connectivity index (χ2v) is 8.09. The second-order valence-electron chi connectivity index (χ2n) is 5.34. The Bertz CT molecular complexity index is 553. The maximum absolute atomic E-state index is 12.2. The molecule has 0 amide bonds. The summed E-state index contributed by atoms with van der Waals surface area (Å²) in [7, 11) is -3.13. The van der Waals surface area contributed by atoms with Crippen LogP contribution in [-0.4, -0.2) is 29.2 Å². The molecule has 1 aliphatic heterocycles. The highest BCUT2D eigenvalue weighted by Crippen LogP contribution is 2.33. The first-order valence-electron chi connectivity index (χ1n) is 6.54. The predicted octanol–water partition coefficient (Wildman–Crippen LogP) is 2.08. The van der Waals surface area contributed by atoms with Crippen molar-refractivity contribution >= 4 is 21.4 Å². The van der Waals surface area contributed by atoms with Crippen LogP contribution < -0.4 is 5.73 Å². The Morgan fingerprint density at radius 1 is 1.47 bits per heavy atom. The van der Waals surface area contributed by atoms with Crippen molar-refractivity contribution in [3.05, 3.63) is 16.9 Å². The highest BCUT2D eigenvalue weighted by Gasteiger charge is 2.37. The van der Waals surface area contributed by atoms with Gasteiger partial charge in [-0.3, -0.25) is 4.68 Å². The molecule has 0 bridgehead atoms. The van der Waals surface area contributed by atoms with Crippen LogP contribution in [0.4, 0.5) is 0 Å². The quantitative estimate of drug-likeness (QED) is 0.927. The van der Waals surface area contributed by atoms with Gasteiger partial charge >= 0.3 is 0 Å². The average molecular weight is 306 g/mol. The van der Waals surface area contributed by atoms with Crippen LogP contribution in [0.25, 0.3) is 0 Å². The van der Waals surface area contributed by atoms with E-state index < -0.39 is 21.1 Å². The van der Waals surface area contributed by atoms with Gasteiger partial charge in [-0.15, -0.1) is 0 Å². The summed E-state index contributed by atoms with van der Waals surface area (Å²) in [6, 6.07) is -0.512. The zero-order valence-corrected chi connectivity index (χ0v) is 12.8. The number of aromatic nitrogens is 2. The maximum Gasteiger partial charge on any atom is 0.155 e. The van der Waals surface area contributed by atoms with E-state index in [0.29, 0.717) is 17.1 Å². The van der Waals surface area contributed by atoms with Gasteiger partial charge in [0.1, 0.15) is 0 Å². The fraction of sp³-hybridized carbons (Fsp3) is 0.750. The Kier molecular flexibility index (Phi) is 4.23. The highest BCUT2D eigenvalue weighted by molar-refractivity contribution is 7.92. The lowest BCUT2D eigenvalue weighted by molar-refractivity contribution is 0.453. The predicted molar refractivity (Wildman–Crippen MR) is 76.0 cm³/mol. The summed E-state index contributed by atoms with van der Waals surface area (Å²) in [5, 5.41) is 4.09. The number of hydrogen-bond acceptors (Lipinski definition) is 4. The Morgan fingerprint density at radius 2 is 2.16 bits per heavy atom. The van der Waals surface area contributed by atoms with Crippen molar-refractivity contribution in [2.45, 2.75) is 50.4 Å². The van der Waals surface area contributed by atoms with Crippen molar-refractivity contribution in [3.8, 4) is 0 Å². The highest BCUT2D eigenvalue weighted by atomic mass is 35.5. The third-order valence-electron chi connectivity index (χ3n) is 3.62. The molecule has 0 radical (unpaired) electrons. The Labute approximate surface area is 119 Å². The first kappa shape index (κ1) is 14.8. The Morgan fingerprint density at radius 3 is 2.74 bits per heavy atom. The number of hydrogen-bond donors (Lipinski definition) is 1. The third kappa shape index (κ3) is 2.80. The number of halogens is 1. The molecule has 1 aromatic rings. The van der Waals surface area contributed by atoms with Crippen molar-refractivity contribution < 1.29 is 8.42 Å². The molecule has 2 unspecified atom stereocenters. The zero-order chi connectivity index (χ0) is 14.2. The largest absolute Gasteiger partial charge is 0.322 e. The first-order valence-corrected chi connectivity index (χ1v) is 8.64. The lowest BCUT2D eigenvalue weighted by Gasteiger charge is -2.28. The van der Waals surface area contributed by atoms with Crippen LogP contribution in [0.15, 0.2) is 6.20 Å². The smallest absolute Gasteiger partial charge is 0.155 e. The molecular weight excluding hydrogens is 286 g/mol. The molecule has 1 aliphatic rings. The van der Waals surface area contributed by atoms with Crippen LogP contribution in [0.1, 0.15) is 50.9 Å². The van der Waals surface area contributed by atoms with Gasteiger partial charge in [0.15, 0.2) is 9.84 Å². The maximum atomic E-state index is 12.2. The molecule has 0 aromatic carbocycles. The van der Waals surface area contributed by atoms with Gasteiger partial charge in [-0.2, -0.15) is 5.10 Å². The summed E-state index contributed by atoms with van der Waals surface area (Å²) in [5.41, 5.74) is 6.84. The van der Waals surface area contributed by atoms with E-state index in [1.165, 1.54) is 6.20 Å².